The van der Waals surface area contributed by atoms with E-state index < -0.39 is 5.91 Å². The van der Waals surface area contributed by atoms with E-state index in [4.69, 9.17) is 23.2 Å². The van der Waals surface area contributed by atoms with Gasteiger partial charge in [-0.15, -0.1) is 0 Å². The zero-order chi connectivity index (χ0) is 17.1. The summed E-state index contributed by atoms with van der Waals surface area (Å²) in [5.74, 6) is -0.549. The minimum absolute atomic E-state index is 0.0317. The summed E-state index contributed by atoms with van der Waals surface area (Å²) in [5, 5.41) is 13.4. The van der Waals surface area contributed by atoms with Crippen LogP contribution in [0.2, 0.25) is 10.0 Å². The van der Waals surface area contributed by atoms with Crippen LogP contribution in [0.15, 0.2) is 54.2 Å². The summed E-state index contributed by atoms with van der Waals surface area (Å²) in [4.78, 5) is 15.5. The Hall–Kier alpha value is -2.74. The second-order valence-corrected chi connectivity index (χ2v) is 5.80. The third-order valence-corrected chi connectivity index (χ3v) is 4.30. The molecule has 0 unspecified atom stereocenters. The summed E-state index contributed by atoms with van der Waals surface area (Å²) < 4.78 is 0. The summed E-state index contributed by atoms with van der Waals surface area (Å²) in [5.41, 5.74) is 2.01. The molecule has 2 aromatic carbocycles. The molecular weight excluding hydrogens is 345 g/mol. The van der Waals surface area contributed by atoms with Crippen molar-refractivity contribution in [3.63, 3.8) is 0 Å². The number of carbonyl (C=O) groups is 1. The summed E-state index contributed by atoms with van der Waals surface area (Å²) in [6, 6.07) is 14.5. The molecule has 0 atom stereocenters. The molecular formula is C18H11Cl2N3O. The Labute approximate surface area is 148 Å². The van der Waals surface area contributed by atoms with Gasteiger partial charge in [-0.1, -0.05) is 47.5 Å². The van der Waals surface area contributed by atoms with Crippen LogP contribution in [-0.2, 0) is 4.79 Å². The lowest BCUT2D eigenvalue weighted by Gasteiger charge is -2.07. The molecule has 118 valence electrons. The van der Waals surface area contributed by atoms with Gasteiger partial charge in [-0.3, -0.25) is 4.79 Å². The lowest BCUT2D eigenvalue weighted by Crippen LogP contribution is -2.13. The first-order valence-corrected chi connectivity index (χ1v) is 7.79. The number of nitrogens with zero attached hydrogens (tertiary/aromatic N) is 1. The van der Waals surface area contributed by atoms with Gasteiger partial charge in [0.2, 0.25) is 0 Å². The molecule has 3 aromatic rings. The molecule has 0 saturated carbocycles. The van der Waals surface area contributed by atoms with Gasteiger partial charge in [-0.25, -0.2) is 0 Å². The summed E-state index contributed by atoms with van der Waals surface area (Å²) in [6.45, 7) is 0. The number of nitriles is 1. The maximum absolute atomic E-state index is 12.4. The number of nitrogens with one attached hydrogen (secondary N) is 2. The molecule has 6 heteroatoms. The number of anilines is 1. The monoisotopic (exact) mass is 355 g/mol. The van der Waals surface area contributed by atoms with Crippen LogP contribution >= 0.6 is 23.2 Å². The van der Waals surface area contributed by atoms with E-state index >= 15 is 0 Å². The lowest BCUT2D eigenvalue weighted by molar-refractivity contribution is -0.112. The quantitative estimate of drug-likeness (QED) is 0.511. The van der Waals surface area contributed by atoms with Crippen molar-refractivity contribution in [2.45, 2.75) is 0 Å². The number of aromatic nitrogens is 1. The number of benzene rings is 2. The molecule has 0 aliphatic rings. The van der Waals surface area contributed by atoms with Gasteiger partial charge in [0.25, 0.3) is 5.91 Å². The van der Waals surface area contributed by atoms with E-state index in [0.717, 1.165) is 16.5 Å². The molecule has 24 heavy (non-hydrogen) atoms. The number of halogens is 2. The Kier molecular flexibility index (Phi) is 4.57. The van der Waals surface area contributed by atoms with Crippen molar-refractivity contribution in [2.24, 2.45) is 0 Å². The molecule has 0 aliphatic heterocycles. The summed E-state index contributed by atoms with van der Waals surface area (Å²) >= 11 is 12.0. The molecule has 1 heterocycles. The minimum Gasteiger partial charge on any atom is -0.361 e. The fraction of sp³-hybridized carbons (Fsp3) is 0. The SMILES string of the molecule is N#C/C(=C\c1c[nH]c2ccccc12)C(=O)Nc1cccc(Cl)c1Cl. The largest absolute Gasteiger partial charge is 0.361 e. The second-order valence-electron chi connectivity index (χ2n) is 5.01. The van der Waals surface area contributed by atoms with Gasteiger partial charge in [0.1, 0.15) is 11.6 Å². The van der Waals surface area contributed by atoms with Crippen LogP contribution in [0.1, 0.15) is 5.56 Å². The highest BCUT2D eigenvalue weighted by Crippen LogP contribution is 2.30. The number of hydrogen-bond donors (Lipinski definition) is 2. The smallest absolute Gasteiger partial charge is 0.266 e. The molecule has 0 radical (unpaired) electrons. The van der Waals surface area contributed by atoms with Gasteiger partial charge in [0.15, 0.2) is 0 Å². The Morgan fingerprint density at radius 2 is 1.96 bits per heavy atom. The molecule has 0 saturated heterocycles. The summed E-state index contributed by atoms with van der Waals surface area (Å²) in [6.07, 6.45) is 3.29. The predicted molar refractivity (Wildman–Crippen MR) is 97.0 cm³/mol. The molecule has 1 aromatic heterocycles. The highest BCUT2D eigenvalue weighted by atomic mass is 35.5. The fourth-order valence-corrected chi connectivity index (χ4v) is 2.66. The topological polar surface area (TPSA) is 68.7 Å². The van der Waals surface area contributed by atoms with E-state index in [1.54, 1.807) is 24.4 Å². The number of carbonyl (C=O) groups excluding carboxylic acids is 1. The van der Waals surface area contributed by atoms with E-state index in [9.17, 15) is 10.1 Å². The number of aromatic amines is 1. The van der Waals surface area contributed by atoms with Crippen LogP contribution in [0, 0.1) is 11.3 Å². The first-order chi connectivity index (χ1) is 11.6. The molecule has 0 spiro atoms. The maximum atomic E-state index is 12.4. The number of amides is 1. The molecule has 0 aliphatic carbocycles. The van der Waals surface area contributed by atoms with Gasteiger partial charge < -0.3 is 10.3 Å². The van der Waals surface area contributed by atoms with Crippen LogP contribution < -0.4 is 5.32 Å². The van der Waals surface area contributed by atoms with Crippen molar-refractivity contribution in [2.75, 3.05) is 5.32 Å². The van der Waals surface area contributed by atoms with Gasteiger partial charge in [-0.2, -0.15) is 5.26 Å². The average Bonchev–Trinajstić information content (AvgIpc) is 3.00. The van der Waals surface area contributed by atoms with E-state index in [1.165, 1.54) is 6.08 Å². The van der Waals surface area contributed by atoms with Gasteiger partial charge >= 0.3 is 0 Å². The number of para-hydroxylation sites is 1. The second kappa shape index (κ2) is 6.79. The van der Waals surface area contributed by atoms with Crippen LogP contribution in [0.3, 0.4) is 0 Å². The van der Waals surface area contributed by atoms with Crippen LogP contribution in [0.25, 0.3) is 17.0 Å². The Morgan fingerprint density at radius 1 is 1.17 bits per heavy atom. The van der Waals surface area contributed by atoms with Gasteiger partial charge in [0, 0.05) is 22.7 Å². The van der Waals surface area contributed by atoms with Crippen LogP contribution in [-0.4, -0.2) is 10.9 Å². The fourth-order valence-electron chi connectivity index (χ4n) is 2.31. The third kappa shape index (κ3) is 3.13. The van der Waals surface area contributed by atoms with Crippen molar-refractivity contribution in [3.05, 3.63) is 69.8 Å². The van der Waals surface area contributed by atoms with Crippen molar-refractivity contribution < 1.29 is 4.79 Å². The number of fused-ring (bicyclic) bond motifs is 1. The van der Waals surface area contributed by atoms with Crippen molar-refractivity contribution >= 4 is 51.8 Å². The van der Waals surface area contributed by atoms with E-state index in [2.05, 4.69) is 10.3 Å². The normalized spacial score (nSPS) is 11.3. The Balaban J connectivity index is 1.92. The standard InChI is InChI=1S/C18H11Cl2N3O/c19-14-5-3-7-16(17(14)20)23-18(24)11(9-21)8-12-10-22-15-6-2-1-4-13(12)15/h1-8,10,22H,(H,23,24)/b11-8+. The predicted octanol–water partition coefficient (Wildman–Crippen LogP) is 5.02. The zero-order valence-electron chi connectivity index (χ0n) is 12.3. The third-order valence-electron chi connectivity index (χ3n) is 3.49. The first-order valence-electron chi connectivity index (χ1n) is 7.03. The van der Waals surface area contributed by atoms with Crippen molar-refractivity contribution in [1.29, 1.82) is 5.26 Å². The molecule has 0 bridgehead atoms. The molecule has 4 nitrogen and oxygen atoms in total. The molecule has 3 rings (SSSR count). The van der Waals surface area contributed by atoms with Crippen LogP contribution in [0.5, 0.6) is 0 Å². The lowest BCUT2D eigenvalue weighted by atomic mass is 10.1. The van der Waals surface area contributed by atoms with Gasteiger partial charge in [0.05, 0.1) is 15.7 Å². The van der Waals surface area contributed by atoms with Gasteiger partial charge in [-0.05, 0) is 24.3 Å². The first kappa shape index (κ1) is 16.1. The highest BCUT2D eigenvalue weighted by molar-refractivity contribution is 6.44. The Bertz CT molecular complexity index is 999. The minimum atomic E-state index is -0.549. The van der Waals surface area contributed by atoms with Crippen molar-refractivity contribution in [1.82, 2.24) is 4.98 Å². The molecule has 0 fully saturated rings. The van der Waals surface area contributed by atoms with E-state index in [1.807, 2.05) is 30.3 Å². The van der Waals surface area contributed by atoms with E-state index in [0.29, 0.717) is 10.7 Å². The maximum Gasteiger partial charge on any atom is 0.266 e. The number of rotatable bonds is 3. The number of H-pyrrole nitrogens is 1. The molecule has 1 amide bonds. The summed E-state index contributed by atoms with van der Waals surface area (Å²) in [7, 11) is 0. The zero-order valence-corrected chi connectivity index (χ0v) is 13.8. The van der Waals surface area contributed by atoms with E-state index in [-0.39, 0.29) is 10.6 Å². The highest BCUT2D eigenvalue weighted by Gasteiger charge is 2.13. The molecule has 2 N–H and O–H groups in total. The Morgan fingerprint density at radius 3 is 2.75 bits per heavy atom. The number of hydrogen-bond acceptors (Lipinski definition) is 2. The van der Waals surface area contributed by atoms with Crippen LogP contribution in [0.4, 0.5) is 5.69 Å². The average molecular weight is 356 g/mol. The van der Waals surface area contributed by atoms with Crippen molar-refractivity contribution in [3.8, 4) is 6.07 Å².